The van der Waals surface area contributed by atoms with E-state index in [1.807, 2.05) is 13.0 Å². The fourth-order valence-electron chi connectivity index (χ4n) is 1.41. The zero-order valence-electron chi connectivity index (χ0n) is 10.3. The summed E-state index contributed by atoms with van der Waals surface area (Å²) in [6.45, 7) is 3.81. The molecule has 0 bridgehead atoms. The molecule has 18 heavy (non-hydrogen) atoms. The normalized spacial score (nSPS) is 13.4. The van der Waals surface area contributed by atoms with Crippen LogP contribution in [0.1, 0.15) is 25.8 Å². The summed E-state index contributed by atoms with van der Waals surface area (Å²) in [4.78, 5) is 11.2. The van der Waals surface area contributed by atoms with Gasteiger partial charge in [-0.2, -0.15) is 5.26 Å². The first-order valence-electron chi connectivity index (χ1n) is 5.60. The summed E-state index contributed by atoms with van der Waals surface area (Å²) in [5.41, 5.74) is 0.314. The summed E-state index contributed by atoms with van der Waals surface area (Å²) in [6.07, 6.45) is 0.522. The van der Waals surface area contributed by atoms with E-state index in [0.717, 1.165) is 4.47 Å². The van der Waals surface area contributed by atoms with E-state index >= 15 is 0 Å². The number of hydrogen-bond acceptors (Lipinski definition) is 3. The van der Waals surface area contributed by atoms with Crippen LogP contribution < -0.4 is 5.32 Å². The number of rotatable bonds is 5. The van der Waals surface area contributed by atoms with E-state index in [9.17, 15) is 4.79 Å². The molecular weight excluding hydrogens is 296 g/mol. The number of halogens is 1. The van der Waals surface area contributed by atoms with Crippen LogP contribution in [0, 0.1) is 16.7 Å². The quantitative estimate of drug-likeness (QED) is 0.875. The van der Waals surface area contributed by atoms with E-state index in [2.05, 4.69) is 27.3 Å². The second-order valence-corrected chi connectivity index (χ2v) is 5.29. The summed E-state index contributed by atoms with van der Waals surface area (Å²) >= 11 is 3.29. The van der Waals surface area contributed by atoms with Crippen molar-refractivity contribution in [3.8, 4) is 6.07 Å². The lowest BCUT2D eigenvalue weighted by Gasteiger charge is -2.24. The van der Waals surface area contributed by atoms with Gasteiger partial charge < -0.3 is 10.4 Å². The Morgan fingerprint density at radius 2 is 2.28 bits per heavy atom. The van der Waals surface area contributed by atoms with Gasteiger partial charge in [-0.1, -0.05) is 22.9 Å². The molecule has 0 saturated heterocycles. The van der Waals surface area contributed by atoms with Gasteiger partial charge in [0.05, 0.1) is 16.7 Å². The van der Waals surface area contributed by atoms with E-state index in [4.69, 9.17) is 10.4 Å². The second kappa shape index (κ2) is 5.87. The number of hydrogen-bond donors (Lipinski definition) is 2. The average molecular weight is 311 g/mol. The number of carbonyl (C=O) groups is 1. The van der Waals surface area contributed by atoms with Crippen molar-refractivity contribution in [3.63, 3.8) is 0 Å². The average Bonchev–Trinajstić information content (AvgIpc) is 2.36. The van der Waals surface area contributed by atoms with E-state index in [1.165, 1.54) is 0 Å². The van der Waals surface area contributed by atoms with Crippen LogP contribution in [0.4, 0.5) is 5.69 Å². The maximum atomic E-state index is 11.2. The van der Waals surface area contributed by atoms with Gasteiger partial charge in [-0.05, 0) is 31.5 Å². The van der Waals surface area contributed by atoms with Crippen molar-refractivity contribution in [2.45, 2.75) is 20.3 Å². The van der Waals surface area contributed by atoms with Crippen molar-refractivity contribution >= 4 is 27.6 Å². The van der Waals surface area contributed by atoms with Crippen molar-refractivity contribution in [2.75, 3.05) is 11.9 Å². The van der Waals surface area contributed by atoms with Gasteiger partial charge in [0.15, 0.2) is 0 Å². The Morgan fingerprint density at radius 3 is 2.78 bits per heavy atom. The maximum Gasteiger partial charge on any atom is 0.311 e. The van der Waals surface area contributed by atoms with Crippen molar-refractivity contribution < 1.29 is 9.90 Å². The molecule has 2 N–H and O–H groups in total. The molecule has 1 rings (SSSR count). The number of carboxylic acid groups (broad SMARTS) is 1. The molecule has 1 aromatic rings. The fraction of sp³-hybridized carbons (Fsp3) is 0.385. The fourth-order valence-corrected chi connectivity index (χ4v) is 1.77. The van der Waals surface area contributed by atoms with Crippen molar-refractivity contribution in [3.05, 3.63) is 28.2 Å². The number of anilines is 1. The largest absolute Gasteiger partial charge is 0.481 e. The van der Waals surface area contributed by atoms with Crippen LogP contribution in [0.15, 0.2) is 22.7 Å². The lowest BCUT2D eigenvalue weighted by molar-refractivity contribution is -0.147. The van der Waals surface area contributed by atoms with Crippen molar-refractivity contribution in [1.29, 1.82) is 5.26 Å². The molecule has 0 heterocycles. The van der Waals surface area contributed by atoms with Crippen molar-refractivity contribution in [1.82, 2.24) is 0 Å². The number of carboxylic acids is 1. The summed E-state index contributed by atoms with van der Waals surface area (Å²) in [7, 11) is 0. The molecular formula is C13H15BrN2O2. The zero-order valence-corrected chi connectivity index (χ0v) is 11.9. The predicted molar refractivity (Wildman–Crippen MR) is 73.4 cm³/mol. The highest BCUT2D eigenvalue weighted by atomic mass is 79.9. The van der Waals surface area contributed by atoms with Gasteiger partial charge in [-0.3, -0.25) is 4.79 Å². The number of nitriles is 1. The smallest absolute Gasteiger partial charge is 0.311 e. The van der Waals surface area contributed by atoms with Crippen LogP contribution in [0.2, 0.25) is 0 Å². The lowest BCUT2D eigenvalue weighted by Crippen LogP contribution is -2.34. The summed E-state index contributed by atoms with van der Waals surface area (Å²) < 4.78 is 0.820. The first-order valence-corrected chi connectivity index (χ1v) is 6.39. The van der Waals surface area contributed by atoms with Gasteiger partial charge in [-0.15, -0.1) is 0 Å². The molecule has 4 nitrogen and oxygen atoms in total. The molecule has 1 aromatic carbocycles. The zero-order chi connectivity index (χ0) is 13.8. The minimum atomic E-state index is -0.840. The molecule has 0 aromatic heterocycles. The number of nitrogens with one attached hydrogen (secondary N) is 1. The standard InChI is InChI=1S/C13H15BrN2O2/c1-3-13(2,12(17)18)8-16-11-5-4-10(14)6-9(11)7-15/h4-6,16H,3,8H2,1-2H3,(H,17,18). The molecule has 0 aliphatic heterocycles. The van der Waals surface area contributed by atoms with Gasteiger partial charge in [0.1, 0.15) is 6.07 Å². The number of aliphatic carboxylic acids is 1. The topological polar surface area (TPSA) is 73.1 Å². The molecule has 1 unspecified atom stereocenters. The Morgan fingerprint density at radius 1 is 1.61 bits per heavy atom. The monoisotopic (exact) mass is 310 g/mol. The molecule has 0 aliphatic carbocycles. The van der Waals surface area contributed by atoms with Crippen LogP contribution >= 0.6 is 15.9 Å². The van der Waals surface area contributed by atoms with E-state index in [0.29, 0.717) is 17.7 Å². The van der Waals surface area contributed by atoms with Crippen LogP contribution in [0.5, 0.6) is 0 Å². The molecule has 0 saturated carbocycles. The third-order valence-corrected chi connectivity index (χ3v) is 3.56. The number of nitrogens with zero attached hydrogens (tertiary/aromatic N) is 1. The highest BCUT2D eigenvalue weighted by molar-refractivity contribution is 9.10. The Balaban J connectivity index is 2.87. The minimum absolute atomic E-state index is 0.287. The Labute approximate surface area is 115 Å². The molecule has 0 fully saturated rings. The van der Waals surface area contributed by atoms with Gasteiger partial charge >= 0.3 is 5.97 Å². The minimum Gasteiger partial charge on any atom is -0.481 e. The van der Waals surface area contributed by atoms with Crippen LogP contribution in [0.3, 0.4) is 0 Å². The number of benzene rings is 1. The molecule has 0 spiro atoms. The maximum absolute atomic E-state index is 11.2. The van der Waals surface area contributed by atoms with Crippen LogP contribution in [0.25, 0.3) is 0 Å². The highest BCUT2D eigenvalue weighted by Gasteiger charge is 2.30. The van der Waals surface area contributed by atoms with Crippen molar-refractivity contribution in [2.24, 2.45) is 5.41 Å². The predicted octanol–water partition coefficient (Wildman–Crippen LogP) is 3.23. The van der Waals surface area contributed by atoms with Crippen LogP contribution in [-0.2, 0) is 4.79 Å². The second-order valence-electron chi connectivity index (χ2n) is 4.37. The molecule has 0 radical (unpaired) electrons. The first-order chi connectivity index (χ1) is 8.42. The summed E-state index contributed by atoms with van der Waals surface area (Å²) in [5, 5.41) is 21.2. The molecule has 5 heteroatoms. The van der Waals surface area contributed by atoms with E-state index in [-0.39, 0.29) is 6.54 Å². The van der Waals surface area contributed by atoms with Gasteiger partial charge in [0.2, 0.25) is 0 Å². The van der Waals surface area contributed by atoms with Gasteiger partial charge in [0, 0.05) is 11.0 Å². The SMILES string of the molecule is CCC(C)(CNc1ccc(Br)cc1C#N)C(=O)O. The van der Waals surface area contributed by atoms with E-state index < -0.39 is 11.4 Å². The lowest BCUT2D eigenvalue weighted by atomic mass is 9.87. The third-order valence-electron chi connectivity index (χ3n) is 3.07. The Kier molecular flexibility index (Phi) is 4.74. The molecule has 1 atom stereocenters. The van der Waals surface area contributed by atoms with E-state index in [1.54, 1.807) is 19.1 Å². The van der Waals surface area contributed by atoms with Crippen LogP contribution in [-0.4, -0.2) is 17.6 Å². The molecule has 96 valence electrons. The van der Waals surface area contributed by atoms with Gasteiger partial charge in [-0.25, -0.2) is 0 Å². The molecule has 0 amide bonds. The Hall–Kier alpha value is -1.54. The summed E-state index contributed by atoms with van der Waals surface area (Å²) in [6, 6.07) is 7.36. The Bertz CT molecular complexity index is 496. The third kappa shape index (κ3) is 3.23. The molecule has 0 aliphatic rings. The summed E-state index contributed by atoms with van der Waals surface area (Å²) in [5.74, 6) is -0.840. The van der Waals surface area contributed by atoms with Gasteiger partial charge in [0.25, 0.3) is 0 Å². The first kappa shape index (κ1) is 14.5. The highest BCUT2D eigenvalue weighted by Crippen LogP contribution is 2.25.